The molecule has 0 aliphatic heterocycles. The largest absolute Gasteiger partial charge is 0.351 e. The highest BCUT2D eigenvalue weighted by Gasteiger charge is 2.13. The lowest BCUT2D eigenvalue weighted by Gasteiger charge is -2.06. The van der Waals surface area contributed by atoms with Gasteiger partial charge in [-0.05, 0) is 43.3 Å². The lowest BCUT2D eigenvalue weighted by molar-refractivity contribution is 0.102. The number of hydrogen-bond donors (Lipinski definition) is 2. The Morgan fingerprint density at radius 3 is 2.56 bits per heavy atom. The van der Waals surface area contributed by atoms with Crippen molar-refractivity contribution >= 4 is 40.3 Å². The molecule has 1 aromatic heterocycles. The van der Waals surface area contributed by atoms with Gasteiger partial charge in [0.25, 0.3) is 0 Å². The van der Waals surface area contributed by atoms with E-state index in [2.05, 4.69) is 21.8 Å². The van der Waals surface area contributed by atoms with Crippen molar-refractivity contribution in [3.8, 4) is 0 Å². The molecule has 3 aromatic rings. The van der Waals surface area contributed by atoms with Crippen LogP contribution in [0.3, 0.4) is 0 Å². The minimum absolute atomic E-state index is 0.00494. The van der Waals surface area contributed by atoms with Gasteiger partial charge in [0.2, 0.25) is 0 Å². The fourth-order valence-electron chi connectivity index (χ4n) is 2.56. The lowest BCUT2D eigenvalue weighted by Crippen LogP contribution is -2.19. The third-order valence-electron chi connectivity index (χ3n) is 3.74. The lowest BCUT2D eigenvalue weighted by atomic mass is 10.1. The van der Waals surface area contributed by atoms with Crippen LogP contribution in [0.2, 0.25) is 0 Å². The molecule has 0 bridgehead atoms. The maximum Gasteiger partial charge on any atom is 0.316 e. The topological polar surface area (TPSA) is 90.0 Å². The van der Waals surface area contributed by atoms with Crippen molar-refractivity contribution < 1.29 is 9.59 Å². The Kier molecular flexibility index (Phi) is 5.04. The maximum atomic E-state index is 12.4. The fraction of sp³-hybridized carbons (Fsp3) is 0.167. The number of thioether (sulfide) groups is 1. The molecule has 25 heavy (non-hydrogen) atoms. The van der Waals surface area contributed by atoms with E-state index in [9.17, 15) is 9.59 Å². The van der Waals surface area contributed by atoms with Gasteiger partial charge in [0.1, 0.15) is 0 Å². The number of aryl methyl sites for hydroxylation is 1. The van der Waals surface area contributed by atoms with Crippen molar-refractivity contribution in [1.82, 2.24) is 9.55 Å². The molecule has 0 saturated heterocycles. The molecule has 3 rings (SSSR count). The van der Waals surface area contributed by atoms with E-state index in [1.807, 2.05) is 24.3 Å². The number of hydrogen-bond acceptors (Lipinski definition) is 4. The van der Waals surface area contributed by atoms with Crippen LogP contribution in [-0.4, -0.2) is 27.1 Å². The first kappa shape index (κ1) is 17.0. The first-order valence-electron chi connectivity index (χ1n) is 7.86. The highest BCUT2D eigenvalue weighted by molar-refractivity contribution is 7.99. The number of nitrogens with one attached hydrogen (secondary N) is 1. The highest BCUT2D eigenvalue weighted by Crippen LogP contribution is 2.24. The van der Waals surface area contributed by atoms with Crippen molar-refractivity contribution in [3.05, 3.63) is 54.1 Å². The van der Waals surface area contributed by atoms with Gasteiger partial charge in [-0.3, -0.25) is 4.79 Å². The summed E-state index contributed by atoms with van der Waals surface area (Å²) >= 11 is 1.43. The summed E-state index contributed by atoms with van der Waals surface area (Å²) in [6.07, 6.45) is 0. The number of imidazole rings is 1. The van der Waals surface area contributed by atoms with Crippen LogP contribution in [0, 0.1) is 0 Å². The number of nitrogens with zero attached hydrogens (tertiary/aromatic N) is 2. The average Bonchev–Trinajstić information content (AvgIpc) is 2.97. The van der Waals surface area contributed by atoms with Crippen molar-refractivity contribution in [2.45, 2.75) is 18.6 Å². The first-order chi connectivity index (χ1) is 12.1. The summed E-state index contributed by atoms with van der Waals surface area (Å²) in [6.45, 7) is 2.86. The van der Waals surface area contributed by atoms with E-state index in [0.29, 0.717) is 17.0 Å². The molecule has 0 unspecified atom stereocenters. The standard InChI is InChI=1S/C18H18N4O2S/c1-2-22-15-6-4-3-5-14(15)21-18(22)25-11-16(23)12-7-9-13(10-8-12)20-17(19)24/h3-10H,2,11H2,1H3,(H3,19,20,24). The molecule has 0 aliphatic carbocycles. The number of para-hydroxylation sites is 2. The van der Waals surface area contributed by atoms with Gasteiger partial charge in [-0.25, -0.2) is 9.78 Å². The van der Waals surface area contributed by atoms with Gasteiger partial charge in [0, 0.05) is 17.8 Å². The van der Waals surface area contributed by atoms with Crippen molar-refractivity contribution in [1.29, 1.82) is 0 Å². The predicted octanol–water partition coefficient (Wildman–Crippen LogP) is 3.52. The SMILES string of the molecule is CCn1c(SCC(=O)c2ccc(NC(N)=O)cc2)nc2ccccc21. The minimum atomic E-state index is -0.631. The van der Waals surface area contributed by atoms with Gasteiger partial charge in [-0.15, -0.1) is 0 Å². The molecule has 0 fully saturated rings. The number of urea groups is 1. The van der Waals surface area contributed by atoms with Crippen LogP contribution >= 0.6 is 11.8 Å². The summed E-state index contributed by atoms with van der Waals surface area (Å²) in [6, 6.07) is 14.0. The zero-order valence-corrected chi connectivity index (χ0v) is 14.5. The zero-order valence-electron chi connectivity index (χ0n) is 13.7. The number of nitrogens with two attached hydrogens (primary N) is 1. The number of amides is 2. The molecule has 0 atom stereocenters. The van der Waals surface area contributed by atoms with E-state index in [4.69, 9.17) is 5.73 Å². The van der Waals surface area contributed by atoms with Gasteiger partial charge >= 0.3 is 6.03 Å². The van der Waals surface area contributed by atoms with Gasteiger partial charge < -0.3 is 15.6 Å². The molecule has 0 aliphatic rings. The first-order valence-corrected chi connectivity index (χ1v) is 8.85. The Hall–Kier alpha value is -2.80. The van der Waals surface area contributed by atoms with E-state index in [1.54, 1.807) is 24.3 Å². The molecule has 128 valence electrons. The van der Waals surface area contributed by atoms with Gasteiger partial charge in [-0.1, -0.05) is 23.9 Å². The van der Waals surface area contributed by atoms with Crippen molar-refractivity contribution in [2.75, 3.05) is 11.1 Å². The number of benzene rings is 2. The van der Waals surface area contributed by atoms with Crippen molar-refractivity contribution in [2.24, 2.45) is 5.73 Å². The molecule has 3 N–H and O–H groups in total. The molecule has 1 heterocycles. The minimum Gasteiger partial charge on any atom is -0.351 e. The van der Waals surface area contributed by atoms with E-state index in [-0.39, 0.29) is 5.78 Å². The maximum absolute atomic E-state index is 12.4. The van der Waals surface area contributed by atoms with E-state index in [1.165, 1.54) is 11.8 Å². The average molecular weight is 354 g/mol. The quantitative estimate of drug-likeness (QED) is 0.523. The van der Waals surface area contributed by atoms with Crippen LogP contribution in [0.5, 0.6) is 0 Å². The predicted molar refractivity (Wildman–Crippen MR) is 100 cm³/mol. The van der Waals surface area contributed by atoms with Crippen LogP contribution in [0.25, 0.3) is 11.0 Å². The van der Waals surface area contributed by atoms with Gasteiger partial charge in [0.15, 0.2) is 10.9 Å². The third-order valence-corrected chi connectivity index (χ3v) is 4.72. The van der Waals surface area contributed by atoms with Crippen LogP contribution < -0.4 is 11.1 Å². The summed E-state index contributed by atoms with van der Waals surface area (Å²) in [5.74, 6) is 0.302. The second kappa shape index (κ2) is 7.40. The second-order valence-corrected chi connectivity index (χ2v) is 6.35. The molecule has 0 spiro atoms. The van der Waals surface area contributed by atoms with Gasteiger partial charge in [-0.2, -0.15) is 0 Å². The number of carbonyl (C=O) groups excluding carboxylic acids is 2. The molecule has 2 amide bonds. The number of fused-ring (bicyclic) bond motifs is 1. The zero-order chi connectivity index (χ0) is 17.8. The molecule has 6 nitrogen and oxygen atoms in total. The number of rotatable bonds is 6. The monoisotopic (exact) mass is 354 g/mol. The van der Waals surface area contributed by atoms with E-state index in [0.717, 1.165) is 22.7 Å². The molecule has 7 heteroatoms. The number of ketones is 1. The van der Waals surface area contributed by atoms with Gasteiger partial charge in [0.05, 0.1) is 16.8 Å². The molecule has 0 radical (unpaired) electrons. The third kappa shape index (κ3) is 3.83. The Balaban J connectivity index is 1.71. The summed E-state index contributed by atoms with van der Waals surface area (Å²) in [7, 11) is 0. The number of aromatic nitrogens is 2. The normalized spacial score (nSPS) is 10.8. The fourth-order valence-corrected chi connectivity index (χ4v) is 3.54. The highest BCUT2D eigenvalue weighted by atomic mass is 32.2. The number of Topliss-reactive ketones (excluding diaryl/α,β-unsaturated/α-hetero) is 1. The molecular formula is C18H18N4O2S. The Bertz CT molecular complexity index is 918. The Labute approximate surface area is 149 Å². The van der Waals surface area contributed by atoms with E-state index >= 15 is 0 Å². The smallest absolute Gasteiger partial charge is 0.316 e. The summed E-state index contributed by atoms with van der Waals surface area (Å²) in [4.78, 5) is 27.8. The van der Waals surface area contributed by atoms with Crippen LogP contribution in [0.15, 0.2) is 53.7 Å². The van der Waals surface area contributed by atoms with Crippen LogP contribution in [0.1, 0.15) is 17.3 Å². The molecular weight excluding hydrogens is 336 g/mol. The summed E-state index contributed by atoms with van der Waals surface area (Å²) in [5.41, 5.74) is 8.21. The second-order valence-electron chi connectivity index (χ2n) is 5.41. The van der Waals surface area contributed by atoms with Crippen LogP contribution in [0.4, 0.5) is 10.5 Å². The summed E-state index contributed by atoms with van der Waals surface area (Å²) in [5, 5.41) is 3.30. The summed E-state index contributed by atoms with van der Waals surface area (Å²) < 4.78 is 2.10. The number of primary amides is 1. The van der Waals surface area contributed by atoms with E-state index < -0.39 is 6.03 Å². The Morgan fingerprint density at radius 1 is 1.16 bits per heavy atom. The number of anilines is 1. The Morgan fingerprint density at radius 2 is 1.88 bits per heavy atom. The molecule has 0 saturated carbocycles. The number of carbonyl (C=O) groups is 2. The van der Waals surface area contributed by atoms with Crippen molar-refractivity contribution in [3.63, 3.8) is 0 Å². The van der Waals surface area contributed by atoms with Crippen LogP contribution in [-0.2, 0) is 6.54 Å². The molecule has 2 aromatic carbocycles.